The van der Waals surface area contributed by atoms with Gasteiger partial charge in [-0.2, -0.15) is 0 Å². The van der Waals surface area contributed by atoms with Crippen LogP contribution in [0.2, 0.25) is 0 Å². The van der Waals surface area contributed by atoms with Gasteiger partial charge in [0.2, 0.25) is 5.91 Å². The number of thioether (sulfide) groups is 2. The quantitative estimate of drug-likeness (QED) is 0.0199. The molecule has 0 aromatic heterocycles. The average molecular weight is 881 g/mol. The van der Waals surface area contributed by atoms with E-state index in [1.807, 2.05) is 6.92 Å². The van der Waals surface area contributed by atoms with E-state index < -0.39 is 37.3 Å². The summed E-state index contributed by atoms with van der Waals surface area (Å²) in [6.45, 7) is 14.5. The molecule has 332 valence electrons. The average Bonchev–Trinajstić information content (AvgIpc) is 3.18. The Morgan fingerprint density at radius 2 is 1.21 bits per heavy atom. The Morgan fingerprint density at radius 3 is 1.68 bits per heavy atom. The molecule has 0 heterocycles. The summed E-state index contributed by atoms with van der Waals surface area (Å²) >= 11 is 8.05. The van der Waals surface area contributed by atoms with Gasteiger partial charge in [0.15, 0.2) is 6.10 Å². The van der Waals surface area contributed by atoms with Crippen molar-refractivity contribution in [2.45, 2.75) is 206 Å². The van der Waals surface area contributed by atoms with E-state index in [-0.39, 0.29) is 51.3 Å². The number of thiocarbonyl (C=S) groups is 1. The van der Waals surface area contributed by atoms with Crippen LogP contribution in [0.15, 0.2) is 0 Å². The molecule has 15 heteroatoms. The maximum Gasteiger partial charge on any atom is 0.472 e. The zero-order valence-corrected chi connectivity index (χ0v) is 39.2. The van der Waals surface area contributed by atoms with Gasteiger partial charge in [0.25, 0.3) is 4.87 Å². The number of nitrogens with one attached hydrogen (secondary N) is 1. The fraction of sp³-hybridized carbons (Fsp3) is 0.881. The summed E-state index contributed by atoms with van der Waals surface area (Å²) in [7, 11) is -4.60. The first kappa shape index (κ1) is 55.8. The minimum Gasteiger partial charge on any atom is -0.462 e. The minimum absolute atomic E-state index is 0.0627. The van der Waals surface area contributed by atoms with E-state index in [0.717, 1.165) is 44.3 Å². The Hall–Kier alpha value is -1.20. The van der Waals surface area contributed by atoms with Gasteiger partial charge in [-0.25, -0.2) is 11.1 Å². The Labute approximate surface area is 360 Å². The molecule has 0 saturated heterocycles. The Balaban J connectivity index is 4.74. The molecular weight excluding hydrogens is 804 g/mol. The first-order chi connectivity index (χ1) is 27.4. The molecule has 11 nitrogen and oxygen atoms in total. The highest BCUT2D eigenvalue weighted by molar-refractivity contribution is 8.47. The van der Waals surface area contributed by atoms with Crippen molar-refractivity contribution in [2.24, 2.45) is 0 Å². The van der Waals surface area contributed by atoms with Gasteiger partial charge in [-0.3, -0.25) is 28.3 Å². The Kier molecular flexibility index (Phi) is 37.0. The van der Waals surface area contributed by atoms with Gasteiger partial charge in [-0.15, -0.1) is 11.8 Å². The van der Waals surface area contributed by atoms with E-state index in [0.29, 0.717) is 16.4 Å². The van der Waals surface area contributed by atoms with Gasteiger partial charge in [-0.1, -0.05) is 161 Å². The highest BCUT2D eigenvalue weighted by Crippen LogP contribution is 2.43. The molecule has 1 amide bonds. The van der Waals surface area contributed by atoms with Crippen LogP contribution in [-0.2, 0) is 37.5 Å². The second kappa shape index (κ2) is 37.8. The van der Waals surface area contributed by atoms with Gasteiger partial charge in [0.05, 0.1) is 13.2 Å². The van der Waals surface area contributed by atoms with Crippen molar-refractivity contribution in [1.82, 2.24) is 5.32 Å². The number of nitrogens with zero attached hydrogens (tertiary/aromatic N) is 1. The molecule has 2 unspecified atom stereocenters. The van der Waals surface area contributed by atoms with Crippen LogP contribution in [0.25, 0.3) is 4.85 Å². The SMILES string of the molecule is [C-]#[N+]C(C)(CCC(=O)NCCOP(=O)(O)OC[C@@H](COC(=O)CCCCCCCCCCCCC)OC(=O)CCCCCCCCCCCCC)SC(=S)SCC. The van der Waals surface area contributed by atoms with Gasteiger partial charge in [-0.05, 0) is 30.4 Å². The minimum atomic E-state index is -4.60. The zero-order valence-electron chi connectivity index (χ0n) is 35.8. The third kappa shape index (κ3) is 36.4. The van der Waals surface area contributed by atoms with E-state index in [4.69, 9.17) is 37.3 Å². The van der Waals surface area contributed by atoms with E-state index in [9.17, 15) is 23.8 Å². The van der Waals surface area contributed by atoms with Gasteiger partial charge < -0.3 is 19.7 Å². The molecule has 0 saturated carbocycles. The zero-order chi connectivity index (χ0) is 42.5. The molecule has 0 fully saturated rings. The summed E-state index contributed by atoms with van der Waals surface area (Å²) in [5.74, 6) is -0.446. The molecule has 0 aliphatic heterocycles. The van der Waals surface area contributed by atoms with Gasteiger partial charge >= 0.3 is 19.8 Å². The first-order valence-corrected chi connectivity index (χ1v) is 25.6. The lowest BCUT2D eigenvalue weighted by atomic mass is 10.1. The van der Waals surface area contributed by atoms with Crippen molar-refractivity contribution in [2.75, 3.05) is 32.1 Å². The third-order valence-electron chi connectivity index (χ3n) is 9.42. The first-order valence-electron chi connectivity index (χ1n) is 21.9. The van der Waals surface area contributed by atoms with Crippen molar-refractivity contribution in [3.05, 3.63) is 11.4 Å². The molecule has 0 aliphatic rings. The van der Waals surface area contributed by atoms with E-state index in [1.54, 1.807) is 6.92 Å². The maximum absolute atomic E-state index is 12.7. The smallest absolute Gasteiger partial charge is 0.462 e. The maximum atomic E-state index is 12.7. The molecule has 0 aromatic rings. The summed E-state index contributed by atoms with van der Waals surface area (Å²) in [6.07, 6.45) is 25.2. The number of carbonyl (C=O) groups excluding carboxylic acids is 3. The number of phosphoric ester groups is 1. The monoisotopic (exact) mass is 880 g/mol. The number of phosphoric acid groups is 1. The van der Waals surface area contributed by atoms with Crippen LogP contribution in [0.4, 0.5) is 0 Å². The largest absolute Gasteiger partial charge is 0.472 e. The van der Waals surface area contributed by atoms with Crippen molar-refractivity contribution < 1.29 is 42.4 Å². The Morgan fingerprint density at radius 1 is 0.737 bits per heavy atom. The van der Waals surface area contributed by atoms with E-state index >= 15 is 0 Å². The number of ether oxygens (including phenoxy) is 2. The molecule has 0 rings (SSSR count). The fourth-order valence-corrected chi connectivity index (χ4v) is 9.56. The van der Waals surface area contributed by atoms with Crippen molar-refractivity contribution >= 4 is 64.9 Å². The highest BCUT2D eigenvalue weighted by atomic mass is 32.2. The molecule has 2 N–H and O–H groups in total. The molecule has 57 heavy (non-hydrogen) atoms. The van der Waals surface area contributed by atoms with Crippen molar-refractivity contribution in [3.63, 3.8) is 0 Å². The van der Waals surface area contributed by atoms with Gasteiger partial charge in [0.1, 0.15) is 10.1 Å². The lowest BCUT2D eigenvalue weighted by Gasteiger charge is -2.20. The fourth-order valence-electron chi connectivity index (χ4n) is 5.94. The summed E-state index contributed by atoms with van der Waals surface area (Å²) in [4.78, 5) is 50.7. The molecule has 0 aliphatic carbocycles. The lowest BCUT2D eigenvalue weighted by molar-refractivity contribution is -0.161. The van der Waals surface area contributed by atoms with Crippen molar-refractivity contribution in [1.29, 1.82) is 0 Å². The predicted molar refractivity (Wildman–Crippen MR) is 240 cm³/mol. The van der Waals surface area contributed by atoms with Crippen LogP contribution < -0.4 is 5.32 Å². The van der Waals surface area contributed by atoms with Crippen LogP contribution in [0.3, 0.4) is 0 Å². The summed E-state index contributed by atoms with van der Waals surface area (Å²) in [5.41, 5.74) is 0. The van der Waals surface area contributed by atoms with Crippen LogP contribution in [0.5, 0.6) is 0 Å². The molecule has 0 spiro atoms. The molecule has 0 aromatic carbocycles. The second-order valence-electron chi connectivity index (χ2n) is 14.9. The normalized spacial score (nSPS) is 13.9. The third-order valence-corrected chi connectivity index (χ3v) is 13.0. The predicted octanol–water partition coefficient (Wildman–Crippen LogP) is 12.3. The summed E-state index contributed by atoms with van der Waals surface area (Å²) < 4.78 is 34.4. The van der Waals surface area contributed by atoms with Crippen LogP contribution in [-0.4, -0.2) is 69.4 Å². The van der Waals surface area contributed by atoms with E-state index in [1.165, 1.54) is 113 Å². The van der Waals surface area contributed by atoms with Crippen LogP contribution in [0.1, 0.15) is 195 Å². The second-order valence-corrected chi connectivity index (χ2v) is 20.3. The van der Waals surface area contributed by atoms with Crippen molar-refractivity contribution in [3.8, 4) is 0 Å². The number of rotatable bonds is 39. The summed E-state index contributed by atoms with van der Waals surface area (Å²) in [5, 5.41) is 2.61. The highest BCUT2D eigenvalue weighted by Gasteiger charge is 2.33. The van der Waals surface area contributed by atoms with E-state index in [2.05, 4.69) is 24.0 Å². The number of amides is 1. The molecule has 0 bridgehead atoms. The summed E-state index contributed by atoms with van der Waals surface area (Å²) in [6, 6.07) is 0. The Bertz CT molecular complexity index is 1160. The number of carbonyl (C=O) groups is 3. The van der Waals surface area contributed by atoms with Crippen LogP contribution in [0, 0.1) is 6.57 Å². The lowest BCUT2D eigenvalue weighted by Crippen LogP contribution is -2.30. The number of unbranched alkanes of at least 4 members (excludes halogenated alkanes) is 20. The number of esters is 2. The van der Waals surface area contributed by atoms with Crippen LogP contribution >= 0.6 is 43.6 Å². The molecular formula is C42H77N2O9PS3. The number of hydrogen-bond acceptors (Lipinski definition) is 11. The molecule has 0 radical (unpaired) electrons. The number of hydrogen-bond donors (Lipinski definition) is 2. The molecule has 3 atom stereocenters. The standard InChI is InChI=1S/C42H77N2O9PS3/c1-6-9-11-13-15-17-19-21-23-25-27-29-39(46)50-35-37(53-40(47)30-28-26-24-22-20-18-16-14-12-10-7-2)36-52-54(48,49)51-34-33-44-38(45)31-32-42(4,43-5)57-41(55)56-8-3/h37H,6-36H2,1-4H3,(H,44,45)(H,48,49)/t37-,42?/m1/s1. The topological polar surface area (TPSA) is 142 Å². The van der Waals surface area contributed by atoms with Gasteiger partial charge in [0, 0.05) is 39.2 Å².